The molecule has 0 aromatic heterocycles. The molecule has 0 aliphatic carbocycles. The van der Waals surface area contributed by atoms with Crippen LogP contribution in [0.3, 0.4) is 0 Å². The Morgan fingerprint density at radius 2 is 2.18 bits per heavy atom. The van der Waals surface area contributed by atoms with E-state index in [1.54, 1.807) is 12.1 Å². The van der Waals surface area contributed by atoms with Crippen LogP contribution in [0.4, 0.5) is 0 Å². The Kier molecular flexibility index (Phi) is 2.92. The van der Waals surface area contributed by atoms with Crippen molar-refractivity contribution in [3.8, 4) is 0 Å². The second kappa shape index (κ2) is 4.12. The zero-order valence-corrected chi connectivity index (χ0v) is 10.1. The predicted octanol–water partition coefficient (Wildman–Crippen LogP) is 0.362. The quantitative estimate of drug-likeness (QED) is 0.797. The average Bonchev–Trinajstić information content (AvgIpc) is 2.26. The second-order valence-electron chi connectivity index (χ2n) is 4.07. The van der Waals surface area contributed by atoms with Gasteiger partial charge < -0.3 is 10.4 Å². The molecule has 0 amide bonds. The molecule has 0 bridgehead atoms. The molecule has 5 nitrogen and oxygen atoms in total. The minimum absolute atomic E-state index is 0.239. The first-order valence-electron chi connectivity index (χ1n) is 5.19. The van der Waals surface area contributed by atoms with E-state index in [0.717, 1.165) is 6.26 Å². The summed E-state index contributed by atoms with van der Waals surface area (Å²) in [6.45, 7) is 0.469. The maximum Gasteiger partial charge on any atom is 0.325 e. The number of carboxylic acid groups (broad SMARTS) is 1. The van der Waals surface area contributed by atoms with Gasteiger partial charge in [-0.1, -0.05) is 12.1 Å². The predicted molar refractivity (Wildman–Crippen MR) is 61.6 cm³/mol. The van der Waals surface area contributed by atoms with Crippen LogP contribution in [-0.4, -0.2) is 32.3 Å². The number of aliphatic carboxylic acids is 1. The number of fused-ring (bicyclic) bond motifs is 1. The van der Waals surface area contributed by atoms with Gasteiger partial charge in [-0.15, -0.1) is 0 Å². The van der Waals surface area contributed by atoms with Crippen LogP contribution in [0.1, 0.15) is 17.2 Å². The summed E-state index contributed by atoms with van der Waals surface area (Å²) in [6, 6.07) is 3.95. The smallest absolute Gasteiger partial charge is 0.325 e. The minimum Gasteiger partial charge on any atom is -0.480 e. The van der Waals surface area contributed by atoms with Gasteiger partial charge in [0.25, 0.3) is 0 Å². The number of hydrogen-bond donors (Lipinski definition) is 2. The monoisotopic (exact) mass is 255 g/mol. The molecule has 1 atom stereocenters. The van der Waals surface area contributed by atoms with E-state index in [0.29, 0.717) is 24.1 Å². The molecule has 0 fully saturated rings. The highest BCUT2D eigenvalue weighted by atomic mass is 32.2. The van der Waals surface area contributed by atoms with E-state index in [1.807, 2.05) is 0 Å². The van der Waals surface area contributed by atoms with E-state index in [9.17, 15) is 13.2 Å². The number of hydrogen-bond acceptors (Lipinski definition) is 4. The van der Waals surface area contributed by atoms with Gasteiger partial charge in [0.15, 0.2) is 9.84 Å². The van der Waals surface area contributed by atoms with Crippen molar-refractivity contribution in [1.29, 1.82) is 0 Å². The Hall–Kier alpha value is -1.40. The lowest BCUT2D eigenvalue weighted by atomic mass is 9.94. The maximum absolute atomic E-state index is 11.6. The zero-order chi connectivity index (χ0) is 12.6. The van der Waals surface area contributed by atoms with Crippen LogP contribution in [0.5, 0.6) is 0 Å². The number of carboxylic acids is 1. The van der Waals surface area contributed by atoms with Crippen molar-refractivity contribution >= 4 is 15.8 Å². The summed E-state index contributed by atoms with van der Waals surface area (Å²) in [6.07, 6.45) is 1.67. The van der Waals surface area contributed by atoms with Gasteiger partial charge in [0, 0.05) is 12.8 Å². The highest BCUT2D eigenvalue weighted by Crippen LogP contribution is 2.28. The lowest BCUT2D eigenvalue weighted by Gasteiger charge is -2.25. The van der Waals surface area contributed by atoms with Gasteiger partial charge >= 0.3 is 5.97 Å². The van der Waals surface area contributed by atoms with Crippen molar-refractivity contribution in [3.63, 3.8) is 0 Å². The summed E-state index contributed by atoms with van der Waals surface area (Å²) < 4.78 is 23.2. The molecular weight excluding hydrogens is 242 g/mol. The van der Waals surface area contributed by atoms with Crippen molar-refractivity contribution in [3.05, 3.63) is 29.3 Å². The van der Waals surface area contributed by atoms with Crippen LogP contribution >= 0.6 is 0 Å². The third kappa shape index (κ3) is 2.18. The standard InChI is InChI=1S/C11H13NO4S/c1-17(15,16)9-4-2-3-8-7(9)5-6-12-10(8)11(13)14/h2-4,10,12H,5-6H2,1H3,(H,13,14). The van der Waals surface area contributed by atoms with E-state index < -0.39 is 21.8 Å². The van der Waals surface area contributed by atoms with Gasteiger partial charge in [-0.25, -0.2) is 8.42 Å². The molecule has 1 heterocycles. The fourth-order valence-corrected chi connectivity index (χ4v) is 3.13. The van der Waals surface area contributed by atoms with E-state index in [1.165, 1.54) is 6.07 Å². The van der Waals surface area contributed by atoms with Gasteiger partial charge in [-0.05, 0) is 23.6 Å². The Balaban J connectivity index is 2.63. The highest BCUT2D eigenvalue weighted by molar-refractivity contribution is 7.90. The first-order chi connectivity index (χ1) is 7.91. The fraction of sp³-hybridized carbons (Fsp3) is 0.364. The topological polar surface area (TPSA) is 83.5 Å². The van der Waals surface area contributed by atoms with Crippen molar-refractivity contribution in [1.82, 2.24) is 5.32 Å². The molecule has 1 aromatic rings. The van der Waals surface area contributed by atoms with Gasteiger partial charge in [0.1, 0.15) is 6.04 Å². The van der Waals surface area contributed by atoms with Crippen LogP contribution in [-0.2, 0) is 21.1 Å². The number of carbonyl (C=O) groups is 1. The van der Waals surface area contributed by atoms with E-state index in [2.05, 4.69) is 5.32 Å². The third-order valence-corrected chi connectivity index (χ3v) is 4.03. The second-order valence-corrected chi connectivity index (χ2v) is 6.06. The largest absolute Gasteiger partial charge is 0.480 e. The van der Waals surface area contributed by atoms with Crippen molar-refractivity contribution in [2.45, 2.75) is 17.4 Å². The van der Waals surface area contributed by atoms with Crippen molar-refractivity contribution in [2.75, 3.05) is 12.8 Å². The molecule has 0 saturated carbocycles. The summed E-state index contributed by atoms with van der Waals surface area (Å²) in [5, 5.41) is 11.9. The maximum atomic E-state index is 11.6. The molecule has 1 aromatic carbocycles. The lowest BCUT2D eigenvalue weighted by Crippen LogP contribution is -2.35. The van der Waals surface area contributed by atoms with Crippen LogP contribution in [0.2, 0.25) is 0 Å². The normalized spacial score (nSPS) is 19.7. The lowest BCUT2D eigenvalue weighted by molar-refractivity contribution is -0.139. The first-order valence-corrected chi connectivity index (χ1v) is 7.08. The molecule has 0 radical (unpaired) electrons. The highest BCUT2D eigenvalue weighted by Gasteiger charge is 2.28. The number of rotatable bonds is 2. The van der Waals surface area contributed by atoms with Crippen molar-refractivity contribution in [2.24, 2.45) is 0 Å². The average molecular weight is 255 g/mol. The summed E-state index contributed by atoms with van der Waals surface area (Å²) >= 11 is 0. The Morgan fingerprint density at radius 1 is 1.47 bits per heavy atom. The fourth-order valence-electron chi connectivity index (χ4n) is 2.14. The van der Waals surface area contributed by atoms with Crippen LogP contribution in [0.15, 0.2) is 23.1 Å². The molecule has 0 spiro atoms. The zero-order valence-electron chi connectivity index (χ0n) is 9.30. The van der Waals surface area contributed by atoms with Gasteiger partial charge in [-0.3, -0.25) is 4.79 Å². The molecule has 1 aliphatic rings. The molecule has 2 N–H and O–H groups in total. The summed E-state index contributed by atoms with van der Waals surface area (Å²) in [4.78, 5) is 11.3. The van der Waals surface area contributed by atoms with E-state index in [4.69, 9.17) is 5.11 Å². The number of benzene rings is 1. The number of nitrogens with one attached hydrogen (secondary N) is 1. The molecule has 92 valence electrons. The van der Waals surface area contributed by atoms with E-state index >= 15 is 0 Å². The Labute approximate surface area is 99.4 Å². The molecule has 6 heteroatoms. The Morgan fingerprint density at radius 3 is 2.76 bits per heavy atom. The SMILES string of the molecule is CS(=O)(=O)c1cccc2c1CCNC2C(=O)O. The Bertz CT molecular complexity index is 565. The molecule has 17 heavy (non-hydrogen) atoms. The summed E-state index contributed by atoms with van der Waals surface area (Å²) in [7, 11) is -3.31. The van der Waals surface area contributed by atoms with Crippen molar-refractivity contribution < 1.29 is 18.3 Å². The molecule has 1 unspecified atom stereocenters. The van der Waals surface area contributed by atoms with Crippen LogP contribution in [0, 0.1) is 0 Å². The van der Waals surface area contributed by atoms with Gasteiger partial charge in [0.05, 0.1) is 4.90 Å². The first kappa shape index (κ1) is 12.1. The molecular formula is C11H13NO4S. The summed E-state index contributed by atoms with van der Waals surface area (Å²) in [5.74, 6) is -0.989. The van der Waals surface area contributed by atoms with Crippen LogP contribution < -0.4 is 5.32 Å². The van der Waals surface area contributed by atoms with Crippen LogP contribution in [0.25, 0.3) is 0 Å². The molecule has 0 saturated heterocycles. The van der Waals surface area contributed by atoms with Gasteiger partial charge in [0.2, 0.25) is 0 Å². The summed E-state index contributed by atoms with van der Waals surface area (Å²) in [5.41, 5.74) is 1.17. The third-order valence-electron chi connectivity index (χ3n) is 2.85. The molecule has 2 rings (SSSR count). The minimum atomic E-state index is -3.31. The van der Waals surface area contributed by atoms with Gasteiger partial charge in [-0.2, -0.15) is 0 Å². The molecule has 1 aliphatic heterocycles. The van der Waals surface area contributed by atoms with E-state index in [-0.39, 0.29) is 4.90 Å². The number of sulfone groups is 1.